The van der Waals surface area contributed by atoms with Gasteiger partial charge in [0.2, 0.25) is 0 Å². The fourth-order valence-corrected chi connectivity index (χ4v) is 2.42. The third-order valence-corrected chi connectivity index (χ3v) is 3.68. The van der Waals surface area contributed by atoms with Crippen LogP contribution in [0.5, 0.6) is 0 Å². The number of fused-ring (bicyclic) bond motifs is 1. The van der Waals surface area contributed by atoms with Gasteiger partial charge >= 0.3 is 0 Å². The van der Waals surface area contributed by atoms with E-state index in [0.29, 0.717) is 5.92 Å². The van der Waals surface area contributed by atoms with Crippen molar-refractivity contribution >= 4 is 11.2 Å². The highest BCUT2D eigenvalue weighted by Gasteiger charge is 2.11. The molecule has 0 saturated heterocycles. The van der Waals surface area contributed by atoms with Crippen molar-refractivity contribution in [3.63, 3.8) is 0 Å². The molecular weight excluding hydrogens is 224 g/mol. The molecule has 0 aliphatic carbocycles. The minimum absolute atomic E-state index is 0.711. The lowest BCUT2D eigenvalue weighted by atomic mass is 9.96. The Balaban J connectivity index is 2.09. The molecule has 0 aromatic carbocycles. The molecule has 4 heteroatoms. The van der Waals surface area contributed by atoms with Gasteiger partial charge in [-0.2, -0.15) is 0 Å². The summed E-state index contributed by atoms with van der Waals surface area (Å²) >= 11 is 0. The third-order valence-electron chi connectivity index (χ3n) is 3.68. The largest absolute Gasteiger partial charge is 0.330 e. The Kier molecular flexibility index (Phi) is 4.31. The van der Waals surface area contributed by atoms with Crippen molar-refractivity contribution in [1.29, 1.82) is 0 Å². The second kappa shape index (κ2) is 5.96. The molecule has 1 unspecified atom stereocenters. The van der Waals surface area contributed by atoms with Crippen molar-refractivity contribution in [3.8, 4) is 0 Å². The molecule has 0 amide bonds. The summed E-state index contributed by atoms with van der Waals surface area (Å²) in [6.45, 7) is 3.01. The lowest BCUT2D eigenvalue weighted by molar-refractivity contribution is 0.437. The fraction of sp³-hybridized carbons (Fsp3) is 0.571. The van der Waals surface area contributed by atoms with E-state index in [-0.39, 0.29) is 0 Å². The molecule has 2 heterocycles. The number of hydrogen-bond donors (Lipinski definition) is 1. The molecule has 2 N–H and O–H groups in total. The van der Waals surface area contributed by atoms with Crippen molar-refractivity contribution < 1.29 is 0 Å². The van der Waals surface area contributed by atoms with Crippen molar-refractivity contribution in [2.75, 3.05) is 6.54 Å². The van der Waals surface area contributed by atoms with Gasteiger partial charge in [0.15, 0.2) is 5.65 Å². The lowest BCUT2D eigenvalue weighted by Gasteiger charge is -2.12. The molecule has 18 heavy (non-hydrogen) atoms. The highest BCUT2D eigenvalue weighted by Crippen LogP contribution is 2.18. The van der Waals surface area contributed by atoms with Crippen LogP contribution in [0.4, 0.5) is 0 Å². The van der Waals surface area contributed by atoms with Crippen LogP contribution in [0.1, 0.15) is 32.0 Å². The zero-order valence-corrected chi connectivity index (χ0v) is 11.3. The maximum atomic E-state index is 5.63. The summed E-state index contributed by atoms with van der Waals surface area (Å²) in [5.74, 6) is 1.84. The first-order chi connectivity index (χ1) is 8.76. The first-order valence-electron chi connectivity index (χ1n) is 6.72. The average molecular weight is 246 g/mol. The molecule has 0 fully saturated rings. The van der Waals surface area contributed by atoms with Gasteiger partial charge in [0.25, 0.3) is 0 Å². The summed E-state index contributed by atoms with van der Waals surface area (Å²) in [5, 5.41) is 0. The van der Waals surface area contributed by atoms with Gasteiger partial charge in [0.1, 0.15) is 5.82 Å². The molecule has 4 nitrogen and oxygen atoms in total. The highest BCUT2D eigenvalue weighted by atomic mass is 15.1. The van der Waals surface area contributed by atoms with Crippen LogP contribution in [0.25, 0.3) is 11.2 Å². The number of nitrogens with two attached hydrogens (primary N) is 1. The Morgan fingerprint density at radius 3 is 2.89 bits per heavy atom. The van der Waals surface area contributed by atoms with Crippen LogP contribution in [0, 0.1) is 5.92 Å². The molecule has 0 spiro atoms. The van der Waals surface area contributed by atoms with Crippen molar-refractivity contribution in [1.82, 2.24) is 14.5 Å². The fourth-order valence-electron chi connectivity index (χ4n) is 2.42. The van der Waals surface area contributed by atoms with Gasteiger partial charge < -0.3 is 10.3 Å². The summed E-state index contributed by atoms with van der Waals surface area (Å²) in [6.07, 6.45) is 6.26. The first kappa shape index (κ1) is 13.0. The molecule has 0 aliphatic rings. The SMILES string of the molecule is CCC(CCN)CCc1nc2ncccc2n1C. The van der Waals surface area contributed by atoms with Gasteiger partial charge in [-0.3, -0.25) is 0 Å². The molecule has 2 aromatic heterocycles. The van der Waals surface area contributed by atoms with Gasteiger partial charge in [-0.15, -0.1) is 0 Å². The zero-order valence-electron chi connectivity index (χ0n) is 11.3. The Hall–Kier alpha value is -1.42. The summed E-state index contributed by atoms with van der Waals surface area (Å²) in [7, 11) is 2.07. The number of imidazole rings is 1. The smallest absolute Gasteiger partial charge is 0.177 e. The van der Waals surface area contributed by atoms with Crippen molar-refractivity contribution in [2.45, 2.75) is 32.6 Å². The van der Waals surface area contributed by atoms with Crippen LogP contribution >= 0.6 is 0 Å². The standard InChI is InChI=1S/C14H22N4/c1-3-11(8-9-15)6-7-13-17-14-12(18(13)2)5-4-10-16-14/h4-5,10-11H,3,6-9,15H2,1-2H3. The molecule has 0 saturated carbocycles. The summed E-state index contributed by atoms with van der Waals surface area (Å²) < 4.78 is 2.15. The highest BCUT2D eigenvalue weighted by molar-refractivity contribution is 5.71. The van der Waals surface area contributed by atoms with Crippen LogP contribution in [-0.4, -0.2) is 21.1 Å². The number of pyridine rings is 1. The lowest BCUT2D eigenvalue weighted by Crippen LogP contribution is -2.10. The topological polar surface area (TPSA) is 56.7 Å². The van der Waals surface area contributed by atoms with E-state index in [2.05, 4.69) is 34.6 Å². The quantitative estimate of drug-likeness (QED) is 0.850. The van der Waals surface area contributed by atoms with Crippen LogP contribution in [-0.2, 0) is 13.5 Å². The minimum atomic E-state index is 0.711. The second-order valence-electron chi connectivity index (χ2n) is 4.82. The van der Waals surface area contributed by atoms with Crippen LogP contribution < -0.4 is 5.73 Å². The second-order valence-corrected chi connectivity index (χ2v) is 4.82. The van der Waals surface area contributed by atoms with E-state index in [9.17, 15) is 0 Å². The number of rotatable bonds is 6. The average Bonchev–Trinajstić information content (AvgIpc) is 2.72. The van der Waals surface area contributed by atoms with E-state index < -0.39 is 0 Å². The number of aryl methyl sites for hydroxylation is 2. The Labute approximate surface area is 108 Å². The van der Waals surface area contributed by atoms with E-state index in [1.54, 1.807) is 6.20 Å². The summed E-state index contributed by atoms with van der Waals surface area (Å²) in [4.78, 5) is 8.89. The van der Waals surface area contributed by atoms with Gasteiger partial charge in [-0.05, 0) is 37.4 Å². The maximum absolute atomic E-state index is 5.63. The molecule has 2 rings (SSSR count). The molecular formula is C14H22N4. The van der Waals surface area contributed by atoms with Gasteiger partial charge in [0, 0.05) is 19.7 Å². The Morgan fingerprint density at radius 2 is 2.22 bits per heavy atom. The number of nitrogens with zero attached hydrogens (tertiary/aromatic N) is 3. The van der Waals surface area contributed by atoms with E-state index in [0.717, 1.165) is 42.8 Å². The predicted molar refractivity (Wildman–Crippen MR) is 74.3 cm³/mol. The summed E-state index contributed by atoms with van der Waals surface area (Å²) in [5.41, 5.74) is 7.59. The zero-order chi connectivity index (χ0) is 13.0. The van der Waals surface area contributed by atoms with E-state index in [4.69, 9.17) is 5.73 Å². The Bertz CT molecular complexity index is 503. The first-order valence-corrected chi connectivity index (χ1v) is 6.72. The van der Waals surface area contributed by atoms with E-state index in [1.165, 1.54) is 6.42 Å². The maximum Gasteiger partial charge on any atom is 0.177 e. The third kappa shape index (κ3) is 2.70. The van der Waals surface area contributed by atoms with E-state index >= 15 is 0 Å². The predicted octanol–water partition coefficient (Wildman–Crippen LogP) is 2.28. The molecule has 0 bridgehead atoms. The molecule has 2 aromatic rings. The van der Waals surface area contributed by atoms with Gasteiger partial charge in [-0.25, -0.2) is 9.97 Å². The minimum Gasteiger partial charge on any atom is -0.330 e. The number of hydrogen-bond acceptors (Lipinski definition) is 3. The molecule has 0 radical (unpaired) electrons. The Morgan fingerprint density at radius 1 is 1.39 bits per heavy atom. The van der Waals surface area contributed by atoms with Gasteiger partial charge in [0.05, 0.1) is 5.52 Å². The van der Waals surface area contributed by atoms with Crippen LogP contribution in [0.2, 0.25) is 0 Å². The number of aromatic nitrogens is 3. The molecule has 1 atom stereocenters. The van der Waals surface area contributed by atoms with E-state index in [1.807, 2.05) is 6.07 Å². The van der Waals surface area contributed by atoms with Crippen molar-refractivity contribution in [3.05, 3.63) is 24.2 Å². The van der Waals surface area contributed by atoms with Gasteiger partial charge in [-0.1, -0.05) is 13.3 Å². The molecule has 98 valence electrons. The van der Waals surface area contributed by atoms with Crippen LogP contribution in [0.15, 0.2) is 18.3 Å². The van der Waals surface area contributed by atoms with Crippen LogP contribution in [0.3, 0.4) is 0 Å². The summed E-state index contributed by atoms with van der Waals surface area (Å²) in [6, 6.07) is 4.02. The van der Waals surface area contributed by atoms with Crippen molar-refractivity contribution in [2.24, 2.45) is 18.7 Å². The normalized spacial score (nSPS) is 13.1. The molecule has 0 aliphatic heterocycles. The monoisotopic (exact) mass is 246 g/mol.